The fraction of sp³-hybridized carbons (Fsp3) is 0.941. The summed E-state index contributed by atoms with van der Waals surface area (Å²) in [5.41, 5.74) is -0.421. The van der Waals surface area contributed by atoms with Crippen LogP contribution in [0.15, 0.2) is 0 Å². The van der Waals surface area contributed by atoms with Crippen LogP contribution in [0.1, 0.15) is 53.4 Å². The normalized spacial score (nSPS) is 30.6. The highest BCUT2D eigenvalue weighted by Crippen LogP contribution is 2.21. The van der Waals surface area contributed by atoms with Crippen molar-refractivity contribution in [2.75, 3.05) is 26.7 Å². The Bertz CT molecular complexity index is 371. The van der Waals surface area contributed by atoms with Crippen LogP contribution < -0.4 is 5.32 Å². The first kappa shape index (κ1) is 17.5. The van der Waals surface area contributed by atoms with Gasteiger partial charge in [0.25, 0.3) is 0 Å². The topological polar surface area (TPSA) is 44.8 Å². The van der Waals surface area contributed by atoms with Crippen molar-refractivity contribution in [3.8, 4) is 0 Å². The summed E-state index contributed by atoms with van der Waals surface area (Å²) in [7, 11) is 2.18. The van der Waals surface area contributed by atoms with Crippen LogP contribution in [0.3, 0.4) is 0 Å². The van der Waals surface area contributed by atoms with E-state index in [4.69, 9.17) is 4.74 Å². The zero-order valence-electron chi connectivity index (χ0n) is 14.9. The van der Waals surface area contributed by atoms with Gasteiger partial charge < -0.3 is 19.9 Å². The van der Waals surface area contributed by atoms with Crippen molar-refractivity contribution in [1.29, 1.82) is 0 Å². The van der Waals surface area contributed by atoms with Crippen molar-refractivity contribution in [3.63, 3.8) is 0 Å². The zero-order chi connectivity index (χ0) is 16.3. The lowest BCUT2D eigenvalue weighted by Gasteiger charge is -2.37. The Morgan fingerprint density at radius 3 is 2.64 bits per heavy atom. The first-order valence-electron chi connectivity index (χ1n) is 8.69. The molecule has 5 nitrogen and oxygen atoms in total. The average molecular weight is 311 g/mol. The van der Waals surface area contributed by atoms with E-state index in [1.807, 2.05) is 25.7 Å². The molecule has 128 valence electrons. The highest BCUT2D eigenvalue weighted by Gasteiger charge is 2.32. The van der Waals surface area contributed by atoms with Gasteiger partial charge in [-0.15, -0.1) is 0 Å². The van der Waals surface area contributed by atoms with Crippen LogP contribution in [-0.4, -0.2) is 66.3 Å². The Morgan fingerprint density at radius 2 is 2.05 bits per heavy atom. The highest BCUT2D eigenvalue weighted by atomic mass is 16.6. The fourth-order valence-electron chi connectivity index (χ4n) is 3.42. The summed E-state index contributed by atoms with van der Waals surface area (Å²) in [4.78, 5) is 16.7. The fourth-order valence-corrected chi connectivity index (χ4v) is 3.42. The van der Waals surface area contributed by atoms with E-state index >= 15 is 0 Å². The quantitative estimate of drug-likeness (QED) is 0.869. The van der Waals surface area contributed by atoms with Crippen molar-refractivity contribution in [2.45, 2.75) is 77.1 Å². The van der Waals surface area contributed by atoms with Gasteiger partial charge in [0.1, 0.15) is 5.60 Å². The first-order valence-corrected chi connectivity index (χ1v) is 8.69. The first-order chi connectivity index (χ1) is 10.3. The molecule has 0 aromatic rings. The van der Waals surface area contributed by atoms with E-state index in [-0.39, 0.29) is 12.1 Å². The van der Waals surface area contributed by atoms with E-state index in [9.17, 15) is 4.79 Å². The predicted molar refractivity (Wildman–Crippen MR) is 89.1 cm³/mol. The molecule has 5 heteroatoms. The summed E-state index contributed by atoms with van der Waals surface area (Å²) in [5.74, 6) is 0. The molecule has 0 aliphatic carbocycles. The van der Waals surface area contributed by atoms with E-state index in [2.05, 4.69) is 24.2 Å². The standard InChI is InChI=1S/C17H33N3O2/c1-13-10-14(12-19(13)5)18-11-15-8-6-7-9-20(15)16(21)22-17(2,3)4/h13-15,18H,6-12H2,1-5H3. The molecule has 2 heterocycles. The molecule has 2 saturated heterocycles. The maximum Gasteiger partial charge on any atom is 0.410 e. The number of likely N-dealkylation sites (tertiary alicyclic amines) is 2. The lowest BCUT2D eigenvalue weighted by atomic mass is 10.0. The van der Waals surface area contributed by atoms with Crippen LogP contribution >= 0.6 is 0 Å². The Kier molecular flexibility index (Phi) is 5.72. The zero-order valence-corrected chi connectivity index (χ0v) is 14.9. The number of carbonyl (C=O) groups is 1. The lowest BCUT2D eigenvalue weighted by Crippen LogP contribution is -2.51. The SMILES string of the molecule is CC1CC(NCC2CCCCN2C(=O)OC(C)(C)C)CN1C. The summed E-state index contributed by atoms with van der Waals surface area (Å²) in [6.07, 6.45) is 4.39. The molecule has 2 fully saturated rings. The minimum absolute atomic E-state index is 0.157. The Balaban J connectivity index is 1.86. The second-order valence-corrected chi connectivity index (χ2v) is 7.95. The van der Waals surface area contributed by atoms with Gasteiger partial charge in [-0.1, -0.05) is 0 Å². The molecule has 0 aromatic heterocycles. The molecule has 3 unspecified atom stereocenters. The molecule has 1 amide bonds. The van der Waals surface area contributed by atoms with Crippen molar-refractivity contribution < 1.29 is 9.53 Å². The smallest absolute Gasteiger partial charge is 0.410 e. The third-order valence-electron chi connectivity index (χ3n) is 4.78. The van der Waals surface area contributed by atoms with Crippen LogP contribution in [0, 0.1) is 0 Å². The van der Waals surface area contributed by atoms with Gasteiger partial charge in [-0.3, -0.25) is 0 Å². The van der Waals surface area contributed by atoms with Gasteiger partial charge in [0.15, 0.2) is 0 Å². The summed E-state index contributed by atoms with van der Waals surface area (Å²) in [6.45, 7) is 10.9. The number of nitrogens with one attached hydrogen (secondary N) is 1. The monoisotopic (exact) mass is 311 g/mol. The van der Waals surface area contributed by atoms with E-state index in [0.717, 1.165) is 32.5 Å². The molecule has 2 rings (SSSR count). The minimum atomic E-state index is -0.421. The second kappa shape index (κ2) is 7.18. The van der Waals surface area contributed by atoms with Gasteiger partial charge in [-0.25, -0.2) is 4.79 Å². The largest absolute Gasteiger partial charge is 0.444 e. The van der Waals surface area contributed by atoms with Crippen LogP contribution in [-0.2, 0) is 4.74 Å². The Labute approximate surface area is 135 Å². The molecular weight excluding hydrogens is 278 g/mol. The number of hydrogen-bond acceptors (Lipinski definition) is 4. The highest BCUT2D eigenvalue weighted by molar-refractivity contribution is 5.68. The maximum atomic E-state index is 12.4. The Hall–Kier alpha value is -0.810. The third kappa shape index (κ3) is 4.85. The Morgan fingerprint density at radius 1 is 1.32 bits per heavy atom. The van der Waals surface area contributed by atoms with Gasteiger partial charge in [0, 0.05) is 37.8 Å². The molecular formula is C17H33N3O2. The minimum Gasteiger partial charge on any atom is -0.444 e. The van der Waals surface area contributed by atoms with E-state index < -0.39 is 5.60 Å². The number of nitrogens with zero attached hydrogens (tertiary/aromatic N) is 2. The van der Waals surface area contributed by atoms with Crippen molar-refractivity contribution in [3.05, 3.63) is 0 Å². The number of ether oxygens (including phenoxy) is 1. The van der Waals surface area contributed by atoms with Crippen LogP contribution in [0.5, 0.6) is 0 Å². The van der Waals surface area contributed by atoms with Gasteiger partial charge >= 0.3 is 6.09 Å². The summed E-state index contributed by atoms with van der Waals surface area (Å²) in [5, 5.41) is 3.67. The van der Waals surface area contributed by atoms with E-state index in [0.29, 0.717) is 12.1 Å². The summed E-state index contributed by atoms with van der Waals surface area (Å²) < 4.78 is 5.56. The van der Waals surface area contributed by atoms with E-state index in [1.54, 1.807) is 0 Å². The third-order valence-corrected chi connectivity index (χ3v) is 4.78. The molecule has 1 N–H and O–H groups in total. The van der Waals surface area contributed by atoms with Gasteiger partial charge in [-0.05, 0) is 60.4 Å². The number of hydrogen-bond donors (Lipinski definition) is 1. The van der Waals surface area contributed by atoms with Crippen LogP contribution in [0.2, 0.25) is 0 Å². The predicted octanol–water partition coefficient (Wildman–Crippen LogP) is 2.46. The number of amides is 1. The van der Waals surface area contributed by atoms with Gasteiger partial charge in [0.05, 0.1) is 0 Å². The van der Waals surface area contributed by atoms with Crippen LogP contribution in [0.25, 0.3) is 0 Å². The molecule has 0 radical (unpaired) electrons. The number of likely N-dealkylation sites (N-methyl/N-ethyl adjacent to an activating group) is 1. The summed E-state index contributed by atoms with van der Waals surface area (Å²) >= 11 is 0. The number of piperidine rings is 1. The van der Waals surface area contributed by atoms with Crippen LogP contribution in [0.4, 0.5) is 4.79 Å². The van der Waals surface area contributed by atoms with E-state index in [1.165, 1.54) is 12.8 Å². The summed E-state index contributed by atoms with van der Waals surface area (Å²) in [6, 6.07) is 1.46. The van der Waals surface area contributed by atoms with Crippen molar-refractivity contribution >= 4 is 6.09 Å². The second-order valence-electron chi connectivity index (χ2n) is 7.95. The number of rotatable bonds is 3. The maximum absolute atomic E-state index is 12.4. The molecule has 0 aromatic carbocycles. The average Bonchev–Trinajstić information content (AvgIpc) is 2.74. The number of carbonyl (C=O) groups excluding carboxylic acids is 1. The molecule has 0 bridgehead atoms. The van der Waals surface area contributed by atoms with Crippen molar-refractivity contribution in [2.24, 2.45) is 0 Å². The lowest BCUT2D eigenvalue weighted by molar-refractivity contribution is 0.00968. The molecule has 22 heavy (non-hydrogen) atoms. The molecule has 2 aliphatic rings. The molecule has 3 atom stereocenters. The molecule has 2 aliphatic heterocycles. The van der Waals surface area contributed by atoms with Gasteiger partial charge in [-0.2, -0.15) is 0 Å². The molecule has 0 saturated carbocycles. The molecule has 0 spiro atoms. The van der Waals surface area contributed by atoms with Crippen molar-refractivity contribution in [1.82, 2.24) is 15.1 Å². The van der Waals surface area contributed by atoms with Gasteiger partial charge in [0.2, 0.25) is 0 Å².